The lowest BCUT2D eigenvalue weighted by molar-refractivity contribution is 0.226. The van der Waals surface area contributed by atoms with Gasteiger partial charge in [-0.25, -0.2) is 17.9 Å². The van der Waals surface area contributed by atoms with Gasteiger partial charge in [0.1, 0.15) is 6.61 Å². The van der Waals surface area contributed by atoms with Crippen molar-refractivity contribution in [1.29, 1.82) is 0 Å². The molecule has 1 aromatic carbocycles. The molecular weight excluding hydrogens is 404 g/mol. The number of carbonyl (C=O) groups is 1. The van der Waals surface area contributed by atoms with Gasteiger partial charge in [-0.3, -0.25) is 0 Å². The van der Waals surface area contributed by atoms with Gasteiger partial charge in [0, 0.05) is 35.3 Å². The number of ether oxygens (including phenoxy) is 1. The van der Waals surface area contributed by atoms with Crippen LogP contribution in [-0.4, -0.2) is 43.1 Å². The van der Waals surface area contributed by atoms with Crippen molar-refractivity contribution in [3.63, 3.8) is 0 Å². The summed E-state index contributed by atoms with van der Waals surface area (Å²) in [5.41, 5.74) is 1.83. The Labute approximate surface area is 168 Å². The van der Waals surface area contributed by atoms with Crippen molar-refractivity contribution in [3.8, 4) is 5.88 Å². The molecule has 0 bridgehead atoms. The molecule has 1 unspecified atom stereocenters. The number of aromatic nitrogens is 2. The standard InChI is InChI=1S/C18H21ClN4O4S/c1-11-16-9-15(28(3,25)26)8-14(10-27-17(16)23(2)22-11)21-18(24)20-13-6-4-5-12(19)7-13/h4-7,9,14H,8,10H2,1-3H3,(H2,20,21,24)/b15-9+. The summed E-state index contributed by atoms with van der Waals surface area (Å²) in [6.07, 6.45) is 2.82. The number of nitrogens with one attached hydrogen (secondary N) is 2. The van der Waals surface area contributed by atoms with Crippen LogP contribution in [-0.2, 0) is 16.9 Å². The van der Waals surface area contributed by atoms with Gasteiger partial charge >= 0.3 is 6.03 Å². The van der Waals surface area contributed by atoms with Crippen molar-refractivity contribution in [1.82, 2.24) is 15.1 Å². The minimum absolute atomic E-state index is 0.0990. The average Bonchev–Trinajstić information content (AvgIpc) is 2.81. The molecule has 2 aromatic rings. The van der Waals surface area contributed by atoms with Gasteiger partial charge in [-0.15, -0.1) is 0 Å². The van der Waals surface area contributed by atoms with Gasteiger partial charge in [0.2, 0.25) is 5.88 Å². The van der Waals surface area contributed by atoms with Gasteiger partial charge in [-0.05, 0) is 31.2 Å². The molecule has 150 valence electrons. The van der Waals surface area contributed by atoms with Crippen LogP contribution in [0.15, 0.2) is 29.2 Å². The molecule has 0 fully saturated rings. The summed E-state index contributed by atoms with van der Waals surface area (Å²) in [5, 5.41) is 10.2. The van der Waals surface area contributed by atoms with Gasteiger partial charge < -0.3 is 15.4 Å². The van der Waals surface area contributed by atoms with Crippen molar-refractivity contribution < 1.29 is 17.9 Å². The highest BCUT2D eigenvalue weighted by Gasteiger charge is 2.26. The van der Waals surface area contributed by atoms with E-state index >= 15 is 0 Å². The Morgan fingerprint density at radius 3 is 2.82 bits per heavy atom. The fourth-order valence-corrected chi connectivity index (χ4v) is 3.99. The summed E-state index contributed by atoms with van der Waals surface area (Å²) in [4.78, 5) is 12.6. The number of nitrogens with zero attached hydrogens (tertiary/aromatic N) is 2. The number of hydrogen-bond acceptors (Lipinski definition) is 5. The van der Waals surface area contributed by atoms with Crippen LogP contribution in [0.4, 0.5) is 10.5 Å². The van der Waals surface area contributed by atoms with Crippen molar-refractivity contribution in [3.05, 3.63) is 45.5 Å². The predicted octanol–water partition coefficient (Wildman–Crippen LogP) is 2.74. The number of hydrogen-bond donors (Lipinski definition) is 2. The van der Waals surface area contributed by atoms with Crippen LogP contribution in [0, 0.1) is 6.92 Å². The Morgan fingerprint density at radius 2 is 2.14 bits per heavy atom. The van der Waals surface area contributed by atoms with E-state index in [9.17, 15) is 13.2 Å². The zero-order valence-electron chi connectivity index (χ0n) is 15.7. The number of urea groups is 1. The first-order chi connectivity index (χ1) is 13.1. The molecule has 10 heteroatoms. The Bertz CT molecular complexity index is 1050. The van der Waals surface area contributed by atoms with Gasteiger partial charge in [0.25, 0.3) is 0 Å². The second-order valence-corrected chi connectivity index (χ2v) is 9.14. The Morgan fingerprint density at radius 1 is 1.39 bits per heavy atom. The SMILES string of the molecule is Cc1nn(C)c2c1/C=C(/S(C)(=O)=O)CC(NC(=O)Nc1cccc(Cl)c1)CO2. The molecule has 1 aliphatic rings. The lowest BCUT2D eigenvalue weighted by atomic mass is 10.1. The molecule has 3 rings (SSSR count). The molecular formula is C18H21ClN4O4S. The van der Waals surface area contributed by atoms with Crippen LogP contribution in [0.5, 0.6) is 5.88 Å². The van der Waals surface area contributed by atoms with E-state index in [1.54, 1.807) is 49.0 Å². The highest BCUT2D eigenvalue weighted by molar-refractivity contribution is 7.94. The maximum atomic E-state index is 12.4. The first-order valence-corrected chi connectivity index (χ1v) is 10.8. The minimum atomic E-state index is -3.47. The lowest BCUT2D eigenvalue weighted by Crippen LogP contribution is -2.42. The van der Waals surface area contributed by atoms with E-state index in [1.165, 1.54) is 0 Å². The number of amides is 2. The number of aryl methyl sites for hydroxylation is 2. The van der Waals surface area contributed by atoms with Crippen LogP contribution in [0.3, 0.4) is 0 Å². The molecule has 0 aliphatic carbocycles. The molecule has 0 radical (unpaired) electrons. The maximum absolute atomic E-state index is 12.4. The van der Waals surface area contributed by atoms with Crippen molar-refractivity contribution >= 4 is 39.2 Å². The van der Waals surface area contributed by atoms with Gasteiger partial charge in [0.05, 0.1) is 17.3 Å². The summed E-state index contributed by atoms with van der Waals surface area (Å²) in [6, 6.07) is 5.70. The zero-order valence-corrected chi connectivity index (χ0v) is 17.3. The molecule has 2 N–H and O–H groups in total. The van der Waals surface area contributed by atoms with E-state index in [0.29, 0.717) is 27.8 Å². The number of fused-ring (bicyclic) bond motifs is 1. The Hall–Kier alpha value is -2.52. The number of rotatable bonds is 3. The third kappa shape index (κ3) is 4.66. The second-order valence-electron chi connectivity index (χ2n) is 6.63. The molecule has 8 nitrogen and oxygen atoms in total. The second kappa shape index (κ2) is 7.84. The highest BCUT2D eigenvalue weighted by atomic mass is 35.5. The molecule has 0 saturated heterocycles. The third-order valence-corrected chi connectivity index (χ3v) is 5.75. The number of anilines is 1. The molecule has 2 amide bonds. The van der Waals surface area contributed by atoms with E-state index < -0.39 is 21.9 Å². The van der Waals surface area contributed by atoms with E-state index in [2.05, 4.69) is 15.7 Å². The van der Waals surface area contributed by atoms with Crippen molar-refractivity contribution in [2.24, 2.45) is 7.05 Å². The van der Waals surface area contributed by atoms with E-state index in [4.69, 9.17) is 16.3 Å². The monoisotopic (exact) mass is 424 g/mol. The molecule has 0 saturated carbocycles. The summed E-state index contributed by atoms with van der Waals surface area (Å²) >= 11 is 5.92. The predicted molar refractivity (Wildman–Crippen MR) is 108 cm³/mol. The van der Waals surface area contributed by atoms with Crippen molar-refractivity contribution in [2.45, 2.75) is 19.4 Å². The number of benzene rings is 1. The van der Waals surface area contributed by atoms with Crippen LogP contribution >= 0.6 is 11.6 Å². The van der Waals surface area contributed by atoms with Crippen LogP contribution in [0.2, 0.25) is 5.02 Å². The molecule has 1 aliphatic heterocycles. The van der Waals surface area contributed by atoms with E-state index in [-0.39, 0.29) is 17.9 Å². The van der Waals surface area contributed by atoms with Crippen LogP contribution in [0.25, 0.3) is 6.08 Å². The molecule has 2 heterocycles. The van der Waals surface area contributed by atoms with Crippen molar-refractivity contribution in [2.75, 3.05) is 18.2 Å². The third-order valence-electron chi connectivity index (χ3n) is 4.28. The molecule has 1 atom stereocenters. The lowest BCUT2D eigenvalue weighted by Gasteiger charge is -2.23. The number of carbonyl (C=O) groups excluding carboxylic acids is 1. The fraction of sp³-hybridized carbons (Fsp3) is 0.333. The highest BCUT2D eigenvalue weighted by Crippen LogP contribution is 2.29. The van der Waals surface area contributed by atoms with Gasteiger partial charge in [0.15, 0.2) is 9.84 Å². The van der Waals surface area contributed by atoms with Crippen LogP contribution in [0.1, 0.15) is 17.7 Å². The summed E-state index contributed by atoms with van der Waals surface area (Å²) < 4.78 is 31.9. The first kappa shape index (κ1) is 20.2. The largest absolute Gasteiger partial charge is 0.475 e. The Kier molecular flexibility index (Phi) is 5.66. The van der Waals surface area contributed by atoms with E-state index in [1.807, 2.05) is 0 Å². The number of halogens is 1. The average molecular weight is 425 g/mol. The molecule has 0 spiro atoms. The minimum Gasteiger partial charge on any atom is -0.475 e. The molecule has 1 aromatic heterocycles. The van der Waals surface area contributed by atoms with Gasteiger partial charge in [-0.1, -0.05) is 17.7 Å². The topological polar surface area (TPSA) is 102 Å². The fourth-order valence-electron chi connectivity index (χ4n) is 2.96. The normalized spacial score (nSPS) is 18.7. The van der Waals surface area contributed by atoms with Crippen LogP contribution < -0.4 is 15.4 Å². The summed E-state index contributed by atoms with van der Waals surface area (Å²) in [5.74, 6) is 0.459. The summed E-state index contributed by atoms with van der Waals surface area (Å²) in [7, 11) is -1.75. The maximum Gasteiger partial charge on any atom is 0.319 e. The summed E-state index contributed by atoms with van der Waals surface area (Å²) in [6.45, 7) is 1.89. The first-order valence-electron chi connectivity index (χ1n) is 8.53. The smallest absolute Gasteiger partial charge is 0.319 e. The number of sulfone groups is 1. The van der Waals surface area contributed by atoms with E-state index in [0.717, 1.165) is 6.26 Å². The quantitative estimate of drug-likeness (QED) is 0.788. The van der Waals surface area contributed by atoms with Gasteiger partial charge in [-0.2, -0.15) is 5.10 Å². The zero-order chi connectivity index (χ0) is 20.5. The molecule has 28 heavy (non-hydrogen) atoms. The Balaban J connectivity index is 1.82.